The SMILES string of the molecule is C[C@@H]1NC(=O)CC(=O)NC(Cc2ccccc2)C(=O)NCC(Cc2ccccc2)NC1=O. The molecule has 1 aliphatic heterocycles. The first-order valence-electron chi connectivity index (χ1n) is 10.7. The molecule has 0 radical (unpaired) electrons. The molecule has 0 aromatic heterocycles. The minimum atomic E-state index is -0.844. The summed E-state index contributed by atoms with van der Waals surface area (Å²) in [4.78, 5) is 50.1. The minimum Gasteiger partial charge on any atom is -0.352 e. The molecular formula is C24H28N4O4. The third-order valence-electron chi connectivity index (χ3n) is 5.22. The summed E-state index contributed by atoms with van der Waals surface area (Å²) in [7, 11) is 0. The molecule has 3 atom stereocenters. The van der Waals surface area contributed by atoms with Crippen LogP contribution >= 0.6 is 0 Å². The first-order chi connectivity index (χ1) is 15.4. The van der Waals surface area contributed by atoms with Crippen LogP contribution in [0.1, 0.15) is 24.5 Å². The van der Waals surface area contributed by atoms with Gasteiger partial charge in [0.2, 0.25) is 23.6 Å². The first kappa shape index (κ1) is 23.0. The molecule has 8 heteroatoms. The van der Waals surface area contributed by atoms with Gasteiger partial charge in [0.15, 0.2) is 0 Å². The zero-order chi connectivity index (χ0) is 22.9. The highest BCUT2D eigenvalue weighted by molar-refractivity contribution is 6.00. The summed E-state index contributed by atoms with van der Waals surface area (Å²) in [6, 6.07) is 16.9. The van der Waals surface area contributed by atoms with Crippen LogP contribution in [0.15, 0.2) is 60.7 Å². The molecule has 2 aromatic carbocycles. The van der Waals surface area contributed by atoms with E-state index in [-0.39, 0.29) is 30.8 Å². The van der Waals surface area contributed by atoms with Gasteiger partial charge >= 0.3 is 0 Å². The van der Waals surface area contributed by atoms with E-state index in [1.807, 2.05) is 60.7 Å². The van der Waals surface area contributed by atoms with Crippen LogP contribution in [0.4, 0.5) is 0 Å². The molecule has 8 nitrogen and oxygen atoms in total. The highest BCUT2D eigenvalue weighted by atomic mass is 16.2. The number of carbonyl (C=O) groups is 4. The molecule has 0 aliphatic carbocycles. The van der Waals surface area contributed by atoms with E-state index in [2.05, 4.69) is 21.3 Å². The van der Waals surface area contributed by atoms with E-state index in [0.29, 0.717) is 6.42 Å². The zero-order valence-corrected chi connectivity index (χ0v) is 18.0. The van der Waals surface area contributed by atoms with E-state index in [9.17, 15) is 19.2 Å². The van der Waals surface area contributed by atoms with Gasteiger partial charge < -0.3 is 21.3 Å². The molecule has 1 fully saturated rings. The Morgan fingerprint density at radius 1 is 0.719 bits per heavy atom. The van der Waals surface area contributed by atoms with Crippen molar-refractivity contribution >= 4 is 23.6 Å². The van der Waals surface area contributed by atoms with Gasteiger partial charge in [-0.2, -0.15) is 0 Å². The molecule has 4 N–H and O–H groups in total. The third kappa shape index (κ3) is 6.94. The summed E-state index contributed by atoms with van der Waals surface area (Å²) >= 11 is 0. The minimum absolute atomic E-state index is 0.182. The lowest BCUT2D eigenvalue weighted by Crippen LogP contribution is -2.53. The van der Waals surface area contributed by atoms with E-state index in [1.165, 1.54) is 0 Å². The fourth-order valence-corrected chi connectivity index (χ4v) is 3.55. The maximum Gasteiger partial charge on any atom is 0.242 e. The molecule has 2 unspecified atom stereocenters. The van der Waals surface area contributed by atoms with Gasteiger partial charge in [0, 0.05) is 13.0 Å². The second-order valence-corrected chi connectivity index (χ2v) is 7.92. The van der Waals surface area contributed by atoms with Gasteiger partial charge in [0.1, 0.15) is 18.5 Å². The van der Waals surface area contributed by atoms with Gasteiger partial charge in [-0.15, -0.1) is 0 Å². The van der Waals surface area contributed by atoms with Crippen molar-refractivity contribution in [2.75, 3.05) is 6.54 Å². The van der Waals surface area contributed by atoms with E-state index in [1.54, 1.807) is 6.92 Å². The number of rotatable bonds is 4. The second-order valence-electron chi connectivity index (χ2n) is 7.92. The topological polar surface area (TPSA) is 116 Å². The molecule has 2 aromatic rings. The molecule has 1 aliphatic rings. The standard InChI is InChI=1S/C24H28N4O4/c1-16-23(31)27-19(12-17-8-4-2-5-9-17)15-25-24(32)20(13-18-10-6-3-7-11-18)28-22(30)14-21(29)26-16/h2-11,16,19-20H,12-15H2,1H3,(H,25,32)(H,26,29)(H,27,31)(H,28,30)/t16-,19?,20?/m0/s1. The highest BCUT2D eigenvalue weighted by Gasteiger charge is 2.26. The van der Waals surface area contributed by atoms with Crippen molar-refractivity contribution in [3.05, 3.63) is 71.8 Å². The Kier molecular flexibility index (Phi) is 7.96. The number of benzene rings is 2. The Hall–Kier alpha value is -3.68. The lowest BCUT2D eigenvalue weighted by molar-refractivity contribution is -0.134. The first-order valence-corrected chi connectivity index (χ1v) is 10.7. The van der Waals surface area contributed by atoms with Gasteiger partial charge in [-0.3, -0.25) is 19.2 Å². The molecule has 32 heavy (non-hydrogen) atoms. The van der Waals surface area contributed by atoms with E-state index >= 15 is 0 Å². The Labute approximate surface area is 187 Å². The van der Waals surface area contributed by atoms with Crippen LogP contribution in [0, 0.1) is 0 Å². The largest absolute Gasteiger partial charge is 0.352 e. The zero-order valence-electron chi connectivity index (χ0n) is 18.0. The van der Waals surface area contributed by atoms with E-state index < -0.39 is 30.3 Å². The van der Waals surface area contributed by atoms with Crippen molar-refractivity contribution in [2.45, 2.75) is 44.3 Å². The van der Waals surface area contributed by atoms with Crippen LogP contribution in [0.5, 0.6) is 0 Å². The van der Waals surface area contributed by atoms with Crippen molar-refractivity contribution in [3.63, 3.8) is 0 Å². The van der Waals surface area contributed by atoms with Crippen LogP contribution in [-0.2, 0) is 32.0 Å². The Morgan fingerprint density at radius 2 is 1.28 bits per heavy atom. The number of hydrogen-bond acceptors (Lipinski definition) is 4. The monoisotopic (exact) mass is 436 g/mol. The summed E-state index contributed by atoms with van der Waals surface area (Å²) in [6.45, 7) is 1.74. The molecule has 1 heterocycles. The fraction of sp³-hybridized carbons (Fsp3) is 0.333. The second kappa shape index (κ2) is 11.1. The van der Waals surface area contributed by atoms with Gasteiger partial charge in [0.25, 0.3) is 0 Å². The van der Waals surface area contributed by atoms with Crippen molar-refractivity contribution in [3.8, 4) is 0 Å². The summed E-state index contributed by atoms with van der Waals surface area (Å²) in [6.07, 6.45) is 0.318. The predicted octanol–water partition coefficient (Wildman–Crippen LogP) is 0.466. The third-order valence-corrected chi connectivity index (χ3v) is 5.22. The molecule has 3 rings (SSSR count). The van der Waals surface area contributed by atoms with Gasteiger partial charge in [0.05, 0.1) is 6.04 Å². The predicted molar refractivity (Wildman–Crippen MR) is 119 cm³/mol. The van der Waals surface area contributed by atoms with Crippen molar-refractivity contribution in [2.24, 2.45) is 0 Å². The van der Waals surface area contributed by atoms with E-state index in [0.717, 1.165) is 11.1 Å². The van der Waals surface area contributed by atoms with Crippen molar-refractivity contribution in [1.82, 2.24) is 21.3 Å². The average Bonchev–Trinajstić information content (AvgIpc) is 2.77. The Bertz CT molecular complexity index is 949. The van der Waals surface area contributed by atoms with Crippen LogP contribution in [0.2, 0.25) is 0 Å². The lowest BCUT2D eigenvalue weighted by Gasteiger charge is -2.23. The molecule has 0 saturated carbocycles. The summed E-state index contributed by atoms with van der Waals surface area (Å²) in [5.74, 6) is -1.91. The van der Waals surface area contributed by atoms with Gasteiger partial charge in [-0.25, -0.2) is 0 Å². The lowest BCUT2D eigenvalue weighted by atomic mass is 10.0. The molecule has 1 saturated heterocycles. The molecule has 4 amide bonds. The maximum atomic E-state index is 13.0. The maximum absolute atomic E-state index is 13.0. The summed E-state index contributed by atoms with van der Waals surface area (Å²) < 4.78 is 0. The molecule has 0 spiro atoms. The van der Waals surface area contributed by atoms with Crippen LogP contribution < -0.4 is 21.3 Å². The van der Waals surface area contributed by atoms with Crippen molar-refractivity contribution in [1.29, 1.82) is 0 Å². The fourth-order valence-electron chi connectivity index (χ4n) is 3.55. The van der Waals surface area contributed by atoms with Crippen LogP contribution in [0.25, 0.3) is 0 Å². The molecular weight excluding hydrogens is 408 g/mol. The van der Waals surface area contributed by atoms with Crippen LogP contribution in [-0.4, -0.2) is 48.3 Å². The number of carbonyl (C=O) groups excluding carboxylic acids is 4. The molecule has 0 bridgehead atoms. The van der Waals surface area contributed by atoms with Crippen molar-refractivity contribution < 1.29 is 19.2 Å². The smallest absolute Gasteiger partial charge is 0.242 e. The van der Waals surface area contributed by atoms with E-state index in [4.69, 9.17) is 0 Å². The quantitative estimate of drug-likeness (QED) is 0.521. The van der Waals surface area contributed by atoms with Crippen LogP contribution in [0.3, 0.4) is 0 Å². The Morgan fingerprint density at radius 3 is 1.91 bits per heavy atom. The average molecular weight is 437 g/mol. The van der Waals surface area contributed by atoms with Gasteiger partial charge in [-0.1, -0.05) is 60.7 Å². The molecule has 168 valence electrons. The number of nitrogens with one attached hydrogen (secondary N) is 4. The number of hydrogen-bond donors (Lipinski definition) is 4. The highest BCUT2D eigenvalue weighted by Crippen LogP contribution is 2.06. The Balaban J connectivity index is 1.80. The number of amides is 4. The normalized spacial score (nSPS) is 22.8. The summed E-state index contributed by atoms with van der Waals surface area (Å²) in [5.41, 5.74) is 1.88. The summed E-state index contributed by atoms with van der Waals surface area (Å²) in [5, 5.41) is 11.0. The van der Waals surface area contributed by atoms with Gasteiger partial charge in [-0.05, 0) is 24.5 Å².